The Morgan fingerprint density at radius 2 is 1.41 bits per heavy atom. The fraction of sp³-hybridized carbons (Fsp3) is 0.310. The van der Waals surface area contributed by atoms with Crippen molar-refractivity contribution in [2.75, 3.05) is 57.7 Å². The van der Waals surface area contributed by atoms with Crippen LogP contribution in [0, 0.1) is 0 Å². The van der Waals surface area contributed by atoms with Crippen molar-refractivity contribution >= 4 is 33.2 Å². The van der Waals surface area contributed by atoms with E-state index in [1.54, 1.807) is 41.3 Å². The fourth-order valence-electron chi connectivity index (χ4n) is 4.18. The summed E-state index contributed by atoms with van der Waals surface area (Å²) in [4.78, 5) is 28.0. The maximum atomic E-state index is 14.1. The van der Waals surface area contributed by atoms with Crippen molar-refractivity contribution < 1.29 is 37.0 Å². The van der Waals surface area contributed by atoms with Crippen molar-refractivity contribution in [1.82, 2.24) is 4.90 Å². The molecule has 0 aliphatic rings. The molecule has 0 aliphatic carbocycles. The zero-order valence-electron chi connectivity index (χ0n) is 24.0. The van der Waals surface area contributed by atoms with Crippen LogP contribution in [0.25, 0.3) is 0 Å². The summed E-state index contributed by atoms with van der Waals surface area (Å²) >= 11 is 0. The second-order valence-electron chi connectivity index (χ2n) is 8.64. The monoisotopic (exact) mass is 585 g/mol. The van der Waals surface area contributed by atoms with Gasteiger partial charge in [-0.1, -0.05) is 12.1 Å². The molecule has 220 valence electrons. The number of methoxy groups -OCH3 is 4. The number of nitrogens with zero attached hydrogens (tertiary/aromatic N) is 2. The summed E-state index contributed by atoms with van der Waals surface area (Å²) in [5.41, 5.74) is 0.623. The van der Waals surface area contributed by atoms with E-state index in [9.17, 15) is 18.0 Å². The second kappa shape index (κ2) is 13.8. The van der Waals surface area contributed by atoms with Crippen molar-refractivity contribution in [3.05, 3.63) is 66.2 Å². The molecule has 2 amide bonds. The summed E-state index contributed by atoms with van der Waals surface area (Å²) in [6.07, 6.45) is 0. The van der Waals surface area contributed by atoms with E-state index >= 15 is 0 Å². The first-order valence-corrected chi connectivity index (χ1v) is 14.2. The zero-order valence-corrected chi connectivity index (χ0v) is 24.8. The van der Waals surface area contributed by atoms with Crippen LogP contribution in [-0.4, -0.2) is 73.2 Å². The molecule has 0 spiro atoms. The Morgan fingerprint density at radius 1 is 0.780 bits per heavy atom. The summed E-state index contributed by atoms with van der Waals surface area (Å²) in [5, 5.41) is 2.72. The van der Waals surface area contributed by atoms with E-state index in [4.69, 9.17) is 18.9 Å². The van der Waals surface area contributed by atoms with Crippen molar-refractivity contribution in [1.29, 1.82) is 0 Å². The zero-order chi connectivity index (χ0) is 30.2. The quantitative estimate of drug-likeness (QED) is 0.319. The van der Waals surface area contributed by atoms with Crippen LogP contribution in [0.1, 0.15) is 24.2 Å². The average Bonchev–Trinajstić information content (AvgIpc) is 2.99. The minimum atomic E-state index is -4.38. The molecule has 0 heterocycles. The third kappa shape index (κ3) is 6.83. The molecule has 3 aromatic carbocycles. The number of hydrogen-bond acceptors (Lipinski definition) is 8. The highest BCUT2D eigenvalue weighted by Gasteiger charge is 2.31. The van der Waals surface area contributed by atoms with Crippen LogP contribution in [0.15, 0.2) is 65.6 Å². The van der Waals surface area contributed by atoms with Gasteiger partial charge in [0.05, 0.1) is 50.3 Å². The lowest BCUT2D eigenvalue weighted by molar-refractivity contribution is -0.114. The number of sulfonamides is 1. The number of carbonyl (C=O) groups is 2. The van der Waals surface area contributed by atoms with E-state index in [0.717, 1.165) is 4.31 Å². The predicted molar refractivity (Wildman–Crippen MR) is 156 cm³/mol. The minimum Gasteiger partial charge on any atom is -0.497 e. The molecule has 0 aromatic heterocycles. The largest absolute Gasteiger partial charge is 0.497 e. The number of rotatable bonds is 13. The van der Waals surface area contributed by atoms with Crippen LogP contribution < -0.4 is 28.6 Å². The summed E-state index contributed by atoms with van der Waals surface area (Å²) in [5.74, 6) is 0.140. The summed E-state index contributed by atoms with van der Waals surface area (Å²) < 4.78 is 50.4. The molecule has 0 fully saturated rings. The molecule has 3 rings (SSSR count). The summed E-state index contributed by atoms with van der Waals surface area (Å²) in [6, 6.07) is 15.3. The average molecular weight is 586 g/mol. The number of ether oxygens (including phenoxy) is 4. The molecule has 3 aromatic rings. The van der Waals surface area contributed by atoms with Crippen LogP contribution in [-0.2, 0) is 14.8 Å². The van der Waals surface area contributed by atoms with Crippen LogP contribution >= 0.6 is 0 Å². The number of nitrogens with one attached hydrogen (secondary N) is 1. The first-order valence-electron chi connectivity index (χ1n) is 12.8. The highest BCUT2D eigenvalue weighted by atomic mass is 32.2. The highest BCUT2D eigenvalue weighted by Crippen LogP contribution is 2.37. The molecule has 0 aliphatic heterocycles. The lowest BCUT2D eigenvalue weighted by atomic mass is 10.1. The van der Waals surface area contributed by atoms with E-state index in [0.29, 0.717) is 24.6 Å². The molecule has 0 unspecified atom stereocenters. The first kappa shape index (κ1) is 31.1. The fourth-order valence-corrected chi connectivity index (χ4v) is 5.61. The van der Waals surface area contributed by atoms with Gasteiger partial charge >= 0.3 is 0 Å². The Bertz CT molecular complexity index is 1490. The maximum absolute atomic E-state index is 14.1. The molecule has 11 nitrogen and oxygen atoms in total. The van der Waals surface area contributed by atoms with Gasteiger partial charge in [-0.15, -0.1) is 0 Å². The molecular weight excluding hydrogens is 550 g/mol. The molecule has 0 saturated heterocycles. The number of para-hydroxylation sites is 1. The third-order valence-corrected chi connectivity index (χ3v) is 8.12. The Hall–Kier alpha value is -4.45. The van der Waals surface area contributed by atoms with E-state index in [-0.39, 0.29) is 39.2 Å². The predicted octanol–water partition coefficient (Wildman–Crippen LogP) is 4.04. The van der Waals surface area contributed by atoms with Crippen molar-refractivity contribution in [2.24, 2.45) is 0 Å². The first-order chi connectivity index (χ1) is 19.6. The Morgan fingerprint density at radius 3 is 2.02 bits per heavy atom. The van der Waals surface area contributed by atoms with Crippen LogP contribution in [0.3, 0.4) is 0 Å². The van der Waals surface area contributed by atoms with Crippen molar-refractivity contribution in [3.63, 3.8) is 0 Å². The van der Waals surface area contributed by atoms with Gasteiger partial charge in [0, 0.05) is 25.2 Å². The summed E-state index contributed by atoms with van der Waals surface area (Å²) in [7, 11) is 1.28. The van der Waals surface area contributed by atoms with E-state index < -0.39 is 22.5 Å². The smallest absolute Gasteiger partial charge is 0.265 e. The second-order valence-corrected chi connectivity index (χ2v) is 10.5. The van der Waals surface area contributed by atoms with Crippen LogP contribution in [0.4, 0.5) is 11.4 Å². The SMILES string of the molecule is CCN(CC)C(=O)c1ccccc1NC(=O)CN(c1cc(OC)ccc1OC)S(=O)(=O)c1ccc(OC)c(OC)c1. The van der Waals surface area contributed by atoms with Gasteiger partial charge in [0.15, 0.2) is 11.5 Å². The molecule has 0 radical (unpaired) electrons. The Balaban J connectivity index is 2.09. The van der Waals surface area contributed by atoms with Gasteiger partial charge in [-0.05, 0) is 50.2 Å². The summed E-state index contributed by atoms with van der Waals surface area (Å²) in [6.45, 7) is 4.06. The normalized spacial score (nSPS) is 10.9. The molecule has 0 bridgehead atoms. The van der Waals surface area contributed by atoms with Crippen LogP contribution in [0.2, 0.25) is 0 Å². The number of hydrogen-bond donors (Lipinski definition) is 1. The van der Waals surface area contributed by atoms with E-state index in [2.05, 4.69) is 5.32 Å². The molecule has 41 heavy (non-hydrogen) atoms. The van der Waals surface area contributed by atoms with Gasteiger partial charge < -0.3 is 29.2 Å². The van der Waals surface area contributed by atoms with Gasteiger partial charge in [0.2, 0.25) is 5.91 Å². The molecule has 12 heteroatoms. The Kier molecular flexibility index (Phi) is 10.4. The lowest BCUT2D eigenvalue weighted by Gasteiger charge is -2.26. The van der Waals surface area contributed by atoms with E-state index in [1.807, 2.05) is 13.8 Å². The van der Waals surface area contributed by atoms with Gasteiger partial charge in [0.25, 0.3) is 15.9 Å². The molecule has 0 saturated carbocycles. The number of amides is 2. The van der Waals surface area contributed by atoms with Gasteiger partial charge in [-0.25, -0.2) is 8.42 Å². The number of benzene rings is 3. The molecular formula is C29H35N3O8S. The van der Waals surface area contributed by atoms with E-state index in [1.165, 1.54) is 52.7 Å². The Labute approximate surface area is 240 Å². The lowest BCUT2D eigenvalue weighted by Crippen LogP contribution is -2.39. The van der Waals surface area contributed by atoms with Gasteiger partial charge in [-0.2, -0.15) is 0 Å². The highest BCUT2D eigenvalue weighted by molar-refractivity contribution is 7.92. The topological polar surface area (TPSA) is 124 Å². The minimum absolute atomic E-state index is 0.0734. The van der Waals surface area contributed by atoms with Crippen molar-refractivity contribution in [2.45, 2.75) is 18.7 Å². The maximum Gasteiger partial charge on any atom is 0.265 e. The number of anilines is 2. The molecule has 1 N–H and O–H groups in total. The van der Waals surface area contributed by atoms with Gasteiger partial charge in [-0.3, -0.25) is 13.9 Å². The number of carbonyl (C=O) groups excluding carboxylic acids is 2. The molecule has 0 atom stereocenters. The van der Waals surface area contributed by atoms with Crippen molar-refractivity contribution in [3.8, 4) is 23.0 Å². The van der Waals surface area contributed by atoms with Crippen LogP contribution in [0.5, 0.6) is 23.0 Å². The third-order valence-electron chi connectivity index (χ3n) is 6.37. The standard InChI is InChI=1S/C29H35N3O8S/c1-7-31(8-2)29(34)22-11-9-10-12-23(22)30-28(33)19-32(24-17-20(37-3)13-15-25(24)38-4)41(35,36)21-14-16-26(39-5)27(18-21)40-6/h9-18H,7-8,19H2,1-6H3,(H,30,33). The van der Waals surface area contributed by atoms with Gasteiger partial charge in [0.1, 0.15) is 18.0 Å².